The van der Waals surface area contributed by atoms with Gasteiger partial charge in [0.05, 0.1) is 0 Å². The predicted molar refractivity (Wildman–Crippen MR) is 71.4 cm³/mol. The fourth-order valence-electron chi connectivity index (χ4n) is 1.58. The largest absolute Gasteiger partial charge is 0.290 e. The molecule has 9 nitrogen and oxygen atoms in total. The molecule has 0 bridgehead atoms. The van der Waals surface area contributed by atoms with E-state index in [-0.39, 0.29) is 0 Å². The smallest absolute Gasteiger partial charge is 0.244 e. The normalized spacial score (nSPS) is 19.4. The molecule has 10 heteroatoms. The molecule has 0 aliphatic heterocycles. The highest BCUT2D eigenvalue weighted by Gasteiger charge is 2.31. The van der Waals surface area contributed by atoms with Crippen LogP contribution in [-0.2, 0) is 29.2 Å². The van der Waals surface area contributed by atoms with Crippen molar-refractivity contribution >= 4 is 33.2 Å². The van der Waals surface area contributed by atoms with Gasteiger partial charge in [-0.25, -0.2) is 13.6 Å². The summed E-state index contributed by atoms with van der Waals surface area (Å²) < 4.78 is 22.8. The number of nitrogens with two attached hydrogens (primary N) is 1. The van der Waals surface area contributed by atoms with Crippen LogP contribution in [0, 0.1) is 0 Å². The van der Waals surface area contributed by atoms with E-state index in [1.54, 1.807) is 0 Å². The zero-order valence-corrected chi connectivity index (χ0v) is 11.5. The number of ketones is 4. The molecule has 2 rings (SSSR count). The molecule has 0 saturated carbocycles. The number of primary sulfonamides is 1. The molecule has 0 aromatic rings. The van der Waals surface area contributed by atoms with E-state index >= 15 is 0 Å². The molecule has 0 unspecified atom stereocenters. The number of hydrogen-bond donors (Lipinski definition) is 1. The Kier molecular flexibility index (Phi) is 3.89. The van der Waals surface area contributed by atoms with E-state index in [9.17, 15) is 27.6 Å². The molecule has 0 aromatic heterocycles. The van der Waals surface area contributed by atoms with Crippen LogP contribution in [0.5, 0.6) is 0 Å². The lowest BCUT2D eigenvalue weighted by atomic mass is 10.1. The maximum atomic E-state index is 11.7. The maximum absolute atomic E-state index is 11.7. The third-order valence-electron chi connectivity index (χ3n) is 2.53. The van der Waals surface area contributed by atoms with Crippen molar-refractivity contribution < 1.29 is 27.6 Å². The summed E-state index contributed by atoms with van der Waals surface area (Å²) in [4.78, 5) is 44.8. The monoisotopic (exact) mass is 321 g/mol. The van der Waals surface area contributed by atoms with Gasteiger partial charge in [-0.3, -0.25) is 19.2 Å². The van der Waals surface area contributed by atoms with Crippen LogP contribution >= 0.6 is 0 Å². The molecule has 0 aromatic carbocycles. The van der Waals surface area contributed by atoms with Crippen molar-refractivity contribution in [1.29, 1.82) is 0 Å². The Labute approximate surface area is 123 Å². The molecule has 2 aliphatic carbocycles. The number of azo groups is 1. The molecule has 22 heavy (non-hydrogen) atoms. The highest BCUT2D eigenvalue weighted by atomic mass is 32.2. The Morgan fingerprint density at radius 1 is 0.818 bits per heavy atom. The van der Waals surface area contributed by atoms with Crippen molar-refractivity contribution in [3.05, 3.63) is 46.7 Å². The highest BCUT2D eigenvalue weighted by molar-refractivity contribution is 7.94. The summed E-state index contributed by atoms with van der Waals surface area (Å²) in [7, 11) is -4.52. The number of allylic oxidation sites excluding steroid dienone is 6. The molecule has 0 radical (unpaired) electrons. The summed E-state index contributed by atoms with van der Waals surface area (Å²) >= 11 is 0. The Morgan fingerprint density at radius 2 is 1.41 bits per heavy atom. The van der Waals surface area contributed by atoms with Crippen LogP contribution in [0.3, 0.4) is 0 Å². The number of sulfonamides is 1. The third kappa shape index (κ3) is 3.07. The van der Waals surface area contributed by atoms with E-state index in [2.05, 4.69) is 10.2 Å². The molecule has 0 amide bonds. The average molecular weight is 321 g/mol. The zero-order valence-electron chi connectivity index (χ0n) is 10.7. The van der Waals surface area contributed by atoms with Gasteiger partial charge in [0.15, 0.2) is 16.4 Å². The lowest BCUT2D eigenvalue weighted by molar-refractivity contribution is -0.115. The predicted octanol–water partition coefficient (Wildman–Crippen LogP) is -0.761. The quantitative estimate of drug-likeness (QED) is 0.532. The highest BCUT2D eigenvalue weighted by Crippen LogP contribution is 2.20. The Hall–Kier alpha value is -2.85. The van der Waals surface area contributed by atoms with Gasteiger partial charge in [0.1, 0.15) is 5.70 Å². The molecular weight excluding hydrogens is 314 g/mol. The van der Waals surface area contributed by atoms with Gasteiger partial charge in [-0.15, -0.1) is 10.2 Å². The van der Waals surface area contributed by atoms with Crippen molar-refractivity contribution in [2.45, 2.75) is 0 Å². The van der Waals surface area contributed by atoms with Gasteiger partial charge < -0.3 is 0 Å². The minimum absolute atomic E-state index is 0.399. The molecule has 2 N–H and O–H groups in total. The molecule has 2 aliphatic rings. The zero-order chi connectivity index (χ0) is 16.5. The summed E-state index contributed by atoms with van der Waals surface area (Å²) in [6, 6.07) is 0. The molecule has 0 heterocycles. The van der Waals surface area contributed by atoms with Crippen LogP contribution in [0.1, 0.15) is 0 Å². The van der Waals surface area contributed by atoms with E-state index < -0.39 is 49.5 Å². The topological polar surface area (TPSA) is 153 Å². The van der Waals surface area contributed by atoms with Gasteiger partial charge in [-0.1, -0.05) is 0 Å². The van der Waals surface area contributed by atoms with Gasteiger partial charge in [0, 0.05) is 6.08 Å². The van der Waals surface area contributed by atoms with Crippen molar-refractivity contribution in [3.8, 4) is 0 Å². The SMILES string of the molecule is NS(=O)(=O)C1=C(N=NC2=CC(=O)C=CC2=O)C(=O)C=CC1=O. The number of carbonyl (C=O) groups is 4. The standard InChI is InChI=1S/C12H7N3O6S/c13-22(20,21)12-10(19)4-3-9(18)11(12)15-14-7-5-6(16)1-2-8(7)17/h1-5H,(H2,13,20,21). The second kappa shape index (κ2) is 5.50. The minimum Gasteiger partial charge on any atom is -0.290 e. The average Bonchev–Trinajstić information content (AvgIpc) is 2.41. The summed E-state index contributed by atoms with van der Waals surface area (Å²) in [6.07, 6.45) is 4.34. The van der Waals surface area contributed by atoms with E-state index in [0.29, 0.717) is 0 Å². The first-order valence-corrected chi connectivity index (χ1v) is 7.18. The molecule has 0 atom stereocenters. The van der Waals surface area contributed by atoms with Crippen LogP contribution in [0.25, 0.3) is 0 Å². The number of rotatable bonds is 3. The third-order valence-corrected chi connectivity index (χ3v) is 3.49. The molecule has 0 fully saturated rings. The summed E-state index contributed by atoms with van der Waals surface area (Å²) in [6.45, 7) is 0. The summed E-state index contributed by atoms with van der Waals surface area (Å²) in [5.41, 5.74) is -1.21. The van der Waals surface area contributed by atoms with Gasteiger partial charge in [0.25, 0.3) is 0 Å². The molecule has 112 valence electrons. The van der Waals surface area contributed by atoms with Gasteiger partial charge in [-0.2, -0.15) is 0 Å². The van der Waals surface area contributed by atoms with Crippen LogP contribution in [-0.4, -0.2) is 31.6 Å². The number of nitrogens with zero attached hydrogens (tertiary/aromatic N) is 2. The lowest BCUT2D eigenvalue weighted by Gasteiger charge is -2.08. The van der Waals surface area contributed by atoms with E-state index in [4.69, 9.17) is 5.14 Å². The number of carbonyl (C=O) groups excluding carboxylic acids is 4. The molecule has 0 saturated heterocycles. The van der Waals surface area contributed by atoms with Crippen molar-refractivity contribution in [2.75, 3.05) is 0 Å². The van der Waals surface area contributed by atoms with Crippen LogP contribution < -0.4 is 5.14 Å². The van der Waals surface area contributed by atoms with Gasteiger partial charge in [-0.05, 0) is 24.3 Å². The Morgan fingerprint density at radius 3 is 2.05 bits per heavy atom. The first-order chi connectivity index (χ1) is 10.2. The summed E-state index contributed by atoms with van der Waals surface area (Å²) in [5, 5.41) is 11.6. The van der Waals surface area contributed by atoms with Crippen LogP contribution in [0.2, 0.25) is 0 Å². The van der Waals surface area contributed by atoms with Gasteiger partial charge in [0.2, 0.25) is 27.4 Å². The minimum atomic E-state index is -4.52. The maximum Gasteiger partial charge on any atom is 0.244 e. The van der Waals surface area contributed by atoms with E-state index in [1.165, 1.54) is 0 Å². The Bertz CT molecular complexity index is 871. The van der Waals surface area contributed by atoms with E-state index in [1.807, 2.05) is 0 Å². The van der Waals surface area contributed by atoms with E-state index in [0.717, 1.165) is 30.4 Å². The second-order valence-corrected chi connectivity index (χ2v) is 5.61. The first kappa shape index (κ1) is 15.5. The number of hydrogen-bond acceptors (Lipinski definition) is 8. The second-order valence-electron chi connectivity index (χ2n) is 4.11. The van der Waals surface area contributed by atoms with Crippen molar-refractivity contribution in [3.63, 3.8) is 0 Å². The fourth-order valence-corrected chi connectivity index (χ4v) is 2.34. The van der Waals surface area contributed by atoms with Crippen LogP contribution in [0.15, 0.2) is 56.9 Å². The van der Waals surface area contributed by atoms with Crippen LogP contribution in [0.4, 0.5) is 0 Å². The lowest BCUT2D eigenvalue weighted by Crippen LogP contribution is -2.25. The van der Waals surface area contributed by atoms with Gasteiger partial charge >= 0.3 is 0 Å². The Balaban J connectivity index is 2.51. The molecule has 0 spiro atoms. The van der Waals surface area contributed by atoms with Crippen molar-refractivity contribution in [1.82, 2.24) is 0 Å². The summed E-state index contributed by atoms with van der Waals surface area (Å²) in [5.74, 6) is -3.14. The first-order valence-electron chi connectivity index (χ1n) is 5.64. The fraction of sp³-hybridized carbons (Fsp3) is 0. The van der Waals surface area contributed by atoms with Crippen molar-refractivity contribution in [2.24, 2.45) is 15.4 Å². The molecular formula is C12H7N3O6S.